The predicted molar refractivity (Wildman–Crippen MR) is 112 cm³/mol. The highest BCUT2D eigenvalue weighted by Crippen LogP contribution is 2.35. The van der Waals surface area contributed by atoms with E-state index >= 15 is 0 Å². The minimum Gasteiger partial charge on any atom is -0.489 e. The van der Waals surface area contributed by atoms with Crippen LogP contribution in [0.3, 0.4) is 0 Å². The minimum atomic E-state index is 0.0318. The molecule has 0 radical (unpaired) electrons. The van der Waals surface area contributed by atoms with E-state index in [9.17, 15) is 9.59 Å². The maximum atomic E-state index is 13.0. The summed E-state index contributed by atoms with van der Waals surface area (Å²) in [7, 11) is 2.03. The number of nitrogens with zero attached hydrogens (tertiary/aromatic N) is 3. The molecule has 0 aromatic heterocycles. The number of nitrogen functional groups attached to an aromatic ring is 1. The number of rotatable bonds is 4. The van der Waals surface area contributed by atoms with Gasteiger partial charge in [0, 0.05) is 31.2 Å². The number of fused-ring (bicyclic) bond motifs is 1. The molecule has 3 aliphatic rings. The number of amides is 2. The number of piperidine rings is 1. The second-order valence-corrected chi connectivity index (χ2v) is 8.84. The average molecular weight is 401 g/mol. The Balaban J connectivity index is 1.40. The number of likely N-dealkylation sites (tertiary alicyclic amines) is 2. The standard InChI is InChI=1S/C22H32N4O3/c1-14(2)29-20-11-15-13-26(21(27)17(15)12-18(20)23)16-6-9-25(10-7-16)22(28)19-5-4-8-24(19)3/h11-12,14,16,19H,4-10,13,23H2,1-3H3. The molecule has 2 N–H and O–H groups in total. The number of anilines is 1. The number of ether oxygens (including phenoxy) is 1. The van der Waals surface area contributed by atoms with Crippen LogP contribution in [0.1, 0.15) is 55.5 Å². The molecule has 1 unspecified atom stereocenters. The molecule has 2 saturated heterocycles. The highest BCUT2D eigenvalue weighted by atomic mass is 16.5. The van der Waals surface area contributed by atoms with Crippen LogP contribution in [0.25, 0.3) is 0 Å². The van der Waals surface area contributed by atoms with Gasteiger partial charge in [0.25, 0.3) is 5.91 Å². The van der Waals surface area contributed by atoms with E-state index in [0.29, 0.717) is 23.5 Å². The third-order valence-electron chi connectivity index (χ3n) is 6.45. The van der Waals surface area contributed by atoms with Crippen LogP contribution in [-0.4, -0.2) is 71.4 Å². The zero-order chi connectivity index (χ0) is 20.7. The predicted octanol–water partition coefficient (Wildman–Crippen LogP) is 2.10. The van der Waals surface area contributed by atoms with Gasteiger partial charge in [-0.2, -0.15) is 0 Å². The lowest BCUT2D eigenvalue weighted by Gasteiger charge is -2.38. The van der Waals surface area contributed by atoms with Crippen molar-refractivity contribution in [1.82, 2.24) is 14.7 Å². The van der Waals surface area contributed by atoms with E-state index in [-0.39, 0.29) is 30.0 Å². The molecule has 4 rings (SSSR count). The minimum absolute atomic E-state index is 0.0318. The van der Waals surface area contributed by atoms with Gasteiger partial charge >= 0.3 is 0 Å². The molecular weight excluding hydrogens is 368 g/mol. The Bertz CT molecular complexity index is 801. The van der Waals surface area contributed by atoms with Crippen molar-refractivity contribution in [2.45, 2.75) is 64.3 Å². The van der Waals surface area contributed by atoms with E-state index in [2.05, 4.69) is 4.90 Å². The number of hydrogen-bond acceptors (Lipinski definition) is 5. The molecule has 7 nitrogen and oxygen atoms in total. The van der Waals surface area contributed by atoms with Gasteiger partial charge < -0.3 is 20.3 Å². The molecule has 0 spiro atoms. The van der Waals surface area contributed by atoms with Gasteiger partial charge in [-0.15, -0.1) is 0 Å². The zero-order valence-electron chi connectivity index (χ0n) is 17.7. The molecule has 3 heterocycles. The Labute approximate surface area is 172 Å². The fraction of sp³-hybridized carbons (Fsp3) is 0.636. The highest BCUT2D eigenvalue weighted by molar-refractivity contribution is 6.00. The van der Waals surface area contributed by atoms with E-state index in [4.69, 9.17) is 10.5 Å². The molecular formula is C22H32N4O3. The summed E-state index contributed by atoms with van der Waals surface area (Å²) in [5.41, 5.74) is 8.28. The van der Waals surface area contributed by atoms with Gasteiger partial charge in [0.15, 0.2) is 0 Å². The molecule has 2 fully saturated rings. The molecule has 7 heteroatoms. The van der Waals surface area contributed by atoms with Gasteiger partial charge in [0.2, 0.25) is 5.91 Å². The number of carbonyl (C=O) groups excluding carboxylic acids is 2. The first-order valence-corrected chi connectivity index (χ1v) is 10.7. The van der Waals surface area contributed by atoms with Crippen molar-refractivity contribution >= 4 is 17.5 Å². The van der Waals surface area contributed by atoms with Crippen molar-refractivity contribution in [3.63, 3.8) is 0 Å². The van der Waals surface area contributed by atoms with Crippen LogP contribution in [-0.2, 0) is 11.3 Å². The number of nitrogens with two attached hydrogens (primary N) is 1. The molecule has 3 aliphatic heterocycles. The first-order valence-electron chi connectivity index (χ1n) is 10.7. The summed E-state index contributed by atoms with van der Waals surface area (Å²) in [6.07, 6.45) is 3.73. The molecule has 0 bridgehead atoms. The Morgan fingerprint density at radius 3 is 2.52 bits per heavy atom. The van der Waals surface area contributed by atoms with Gasteiger partial charge in [-0.05, 0) is 70.8 Å². The van der Waals surface area contributed by atoms with Crippen molar-refractivity contribution in [3.05, 3.63) is 23.3 Å². The number of likely N-dealkylation sites (N-methyl/N-ethyl adjacent to an activating group) is 1. The molecule has 29 heavy (non-hydrogen) atoms. The van der Waals surface area contributed by atoms with Gasteiger partial charge in [0.05, 0.1) is 17.8 Å². The summed E-state index contributed by atoms with van der Waals surface area (Å²) in [6, 6.07) is 3.86. The van der Waals surface area contributed by atoms with Crippen LogP contribution in [0, 0.1) is 0 Å². The molecule has 0 saturated carbocycles. The van der Waals surface area contributed by atoms with Crippen molar-refractivity contribution in [2.75, 3.05) is 32.4 Å². The lowest BCUT2D eigenvalue weighted by atomic mass is 10.0. The number of carbonyl (C=O) groups is 2. The van der Waals surface area contributed by atoms with E-state index in [0.717, 1.165) is 50.9 Å². The van der Waals surface area contributed by atoms with Gasteiger partial charge in [0.1, 0.15) is 5.75 Å². The van der Waals surface area contributed by atoms with Crippen LogP contribution >= 0.6 is 0 Å². The monoisotopic (exact) mass is 400 g/mol. The number of hydrogen-bond donors (Lipinski definition) is 1. The average Bonchev–Trinajstić information content (AvgIpc) is 3.25. The summed E-state index contributed by atoms with van der Waals surface area (Å²) in [5, 5.41) is 0. The van der Waals surface area contributed by atoms with Crippen LogP contribution < -0.4 is 10.5 Å². The van der Waals surface area contributed by atoms with Crippen molar-refractivity contribution in [3.8, 4) is 5.75 Å². The fourth-order valence-electron chi connectivity index (χ4n) is 4.86. The largest absolute Gasteiger partial charge is 0.489 e. The van der Waals surface area contributed by atoms with Crippen LogP contribution in [0.15, 0.2) is 12.1 Å². The Morgan fingerprint density at radius 1 is 1.17 bits per heavy atom. The van der Waals surface area contributed by atoms with E-state index in [1.54, 1.807) is 6.07 Å². The van der Waals surface area contributed by atoms with E-state index < -0.39 is 0 Å². The van der Waals surface area contributed by atoms with Crippen molar-refractivity contribution < 1.29 is 14.3 Å². The lowest BCUT2D eigenvalue weighted by molar-refractivity contribution is -0.137. The van der Waals surface area contributed by atoms with Gasteiger partial charge in [-0.25, -0.2) is 0 Å². The van der Waals surface area contributed by atoms with E-state index in [1.807, 2.05) is 36.8 Å². The summed E-state index contributed by atoms with van der Waals surface area (Å²) in [6.45, 7) is 6.95. The Morgan fingerprint density at radius 2 is 1.90 bits per heavy atom. The summed E-state index contributed by atoms with van der Waals surface area (Å²) in [5.74, 6) is 0.945. The normalized spacial score (nSPS) is 23.2. The van der Waals surface area contributed by atoms with Crippen LogP contribution in [0.2, 0.25) is 0 Å². The van der Waals surface area contributed by atoms with Crippen molar-refractivity contribution in [2.24, 2.45) is 0 Å². The Kier molecular flexibility index (Phi) is 5.42. The zero-order valence-corrected chi connectivity index (χ0v) is 17.7. The molecule has 1 aromatic carbocycles. The second-order valence-electron chi connectivity index (χ2n) is 8.84. The third kappa shape index (κ3) is 3.80. The van der Waals surface area contributed by atoms with Crippen LogP contribution in [0.5, 0.6) is 5.75 Å². The van der Waals surface area contributed by atoms with Crippen LogP contribution in [0.4, 0.5) is 5.69 Å². The summed E-state index contributed by atoms with van der Waals surface area (Å²) >= 11 is 0. The SMILES string of the molecule is CC(C)Oc1cc2c(cc1N)C(=O)N(C1CCN(C(=O)C3CCCN3C)CC1)C2. The smallest absolute Gasteiger partial charge is 0.254 e. The van der Waals surface area contributed by atoms with E-state index in [1.165, 1.54) is 0 Å². The Hall–Kier alpha value is -2.28. The van der Waals surface area contributed by atoms with Gasteiger partial charge in [-0.1, -0.05) is 0 Å². The second kappa shape index (κ2) is 7.86. The maximum absolute atomic E-state index is 13.0. The summed E-state index contributed by atoms with van der Waals surface area (Å²) in [4.78, 5) is 31.9. The molecule has 1 aromatic rings. The lowest BCUT2D eigenvalue weighted by Crippen LogP contribution is -2.51. The molecule has 158 valence electrons. The maximum Gasteiger partial charge on any atom is 0.254 e. The molecule has 0 aliphatic carbocycles. The summed E-state index contributed by atoms with van der Waals surface area (Å²) < 4.78 is 5.78. The topological polar surface area (TPSA) is 79.1 Å². The van der Waals surface area contributed by atoms with Crippen molar-refractivity contribution in [1.29, 1.82) is 0 Å². The third-order valence-corrected chi connectivity index (χ3v) is 6.45. The molecule has 1 atom stereocenters. The quantitative estimate of drug-likeness (QED) is 0.783. The van der Waals surface area contributed by atoms with Gasteiger partial charge in [-0.3, -0.25) is 14.5 Å². The first kappa shape index (κ1) is 20.0. The number of benzene rings is 1. The molecule has 2 amide bonds. The fourth-order valence-corrected chi connectivity index (χ4v) is 4.86. The first-order chi connectivity index (χ1) is 13.8. The highest BCUT2D eigenvalue weighted by Gasteiger charge is 2.38.